The van der Waals surface area contributed by atoms with Gasteiger partial charge in [-0.2, -0.15) is 5.10 Å². The molecule has 0 aliphatic carbocycles. The van der Waals surface area contributed by atoms with Gasteiger partial charge in [0.25, 0.3) is 0 Å². The van der Waals surface area contributed by atoms with Crippen LogP contribution >= 0.6 is 0 Å². The van der Waals surface area contributed by atoms with Crippen LogP contribution in [0.25, 0.3) is 0 Å². The van der Waals surface area contributed by atoms with Gasteiger partial charge in [-0.05, 0) is 32.7 Å². The average Bonchev–Trinajstić information content (AvgIpc) is 3.02. The van der Waals surface area contributed by atoms with Gasteiger partial charge in [0.15, 0.2) is 0 Å². The molecule has 2 rings (SSSR count). The van der Waals surface area contributed by atoms with E-state index < -0.39 is 0 Å². The summed E-state index contributed by atoms with van der Waals surface area (Å²) in [5, 5.41) is 19.1. The van der Waals surface area contributed by atoms with Crippen LogP contribution in [0.4, 0.5) is 11.5 Å². The quantitative estimate of drug-likeness (QED) is 0.615. The number of hydrogen-bond acceptors (Lipinski definition) is 5. The molecule has 1 aliphatic heterocycles. The molecule has 1 atom stereocenters. The lowest BCUT2D eigenvalue weighted by Crippen LogP contribution is -2.39. The molecule has 0 amide bonds. The van der Waals surface area contributed by atoms with Gasteiger partial charge < -0.3 is 10.2 Å². The zero-order chi connectivity index (χ0) is 15.4. The molecule has 1 aromatic rings. The number of hydrogen-bond donors (Lipinski definition) is 1. The summed E-state index contributed by atoms with van der Waals surface area (Å²) in [6.07, 6.45) is 4.40. The van der Waals surface area contributed by atoms with Crippen LogP contribution in [-0.2, 0) is 7.05 Å². The Morgan fingerprint density at radius 1 is 1.57 bits per heavy atom. The SMILES string of the molecule is CCCCN(CC1CCCN1)c1c([N+](=O)[O-])c(C)nn1C. The summed E-state index contributed by atoms with van der Waals surface area (Å²) in [6.45, 7) is 6.51. The van der Waals surface area contributed by atoms with Crippen molar-refractivity contribution in [2.75, 3.05) is 24.5 Å². The first-order valence-corrected chi connectivity index (χ1v) is 7.71. The highest BCUT2D eigenvalue weighted by molar-refractivity contribution is 5.61. The summed E-state index contributed by atoms with van der Waals surface area (Å²) in [6, 6.07) is 0.414. The number of nitrogens with zero attached hydrogens (tertiary/aromatic N) is 4. The van der Waals surface area contributed by atoms with Gasteiger partial charge in [0.2, 0.25) is 5.82 Å². The van der Waals surface area contributed by atoms with Crippen LogP contribution < -0.4 is 10.2 Å². The van der Waals surface area contributed by atoms with Crippen LogP contribution in [0.5, 0.6) is 0 Å². The highest BCUT2D eigenvalue weighted by atomic mass is 16.6. The maximum absolute atomic E-state index is 11.4. The molecule has 1 aliphatic rings. The molecule has 0 saturated carbocycles. The monoisotopic (exact) mass is 295 g/mol. The van der Waals surface area contributed by atoms with Gasteiger partial charge in [0.1, 0.15) is 5.69 Å². The number of rotatable bonds is 7. The predicted molar refractivity (Wildman–Crippen MR) is 82.7 cm³/mol. The Hall–Kier alpha value is -1.63. The Morgan fingerprint density at radius 2 is 2.33 bits per heavy atom. The van der Waals surface area contributed by atoms with Crippen molar-refractivity contribution in [3.63, 3.8) is 0 Å². The molecule has 1 saturated heterocycles. The van der Waals surface area contributed by atoms with E-state index in [-0.39, 0.29) is 10.6 Å². The number of aryl methyl sites for hydroxylation is 2. The molecule has 0 radical (unpaired) electrons. The fraction of sp³-hybridized carbons (Fsp3) is 0.786. The van der Waals surface area contributed by atoms with Gasteiger partial charge in [-0.1, -0.05) is 13.3 Å². The van der Waals surface area contributed by atoms with Crippen LogP contribution in [-0.4, -0.2) is 40.4 Å². The van der Waals surface area contributed by atoms with Crippen LogP contribution in [0.1, 0.15) is 38.3 Å². The second kappa shape index (κ2) is 6.89. The third kappa shape index (κ3) is 3.53. The minimum atomic E-state index is -0.307. The van der Waals surface area contributed by atoms with Gasteiger partial charge in [-0.25, -0.2) is 4.68 Å². The molecule has 0 bridgehead atoms. The van der Waals surface area contributed by atoms with E-state index in [1.54, 1.807) is 18.7 Å². The van der Waals surface area contributed by atoms with Crippen LogP contribution in [0.2, 0.25) is 0 Å². The molecule has 0 spiro atoms. The molecule has 1 N–H and O–H groups in total. The van der Waals surface area contributed by atoms with Gasteiger partial charge in [-0.15, -0.1) is 0 Å². The summed E-state index contributed by atoms with van der Waals surface area (Å²) >= 11 is 0. The van der Waals surface area contributed by atoms with Crippen LogP contribution in [0, 0.1) is 17.0 Å². The van der Waals surface area contributed by atoms with E-state index in [0.29, 0.717) is 17.6 Å². The van der Waals surface area contributed by atoms with E-state index in [1.165, 1.54) is 6.42 Å². The fourth-order valence-corrected chi connectivity index (χ4v) is 3.01. The first-order chi connectivity index (χ1) is 10.0. The Kier molecular flexibility index (Phi) is 5.17. The maximum atomic E-state index is 11.4. The molecule has 21 heavy (non-hydrogen) atoms. The lowest BCUT2D eigenvalue weighted by Gasteiger charge is -2.26. The third-order valence-corrected chi connectivity index (χ3v) is 4.03. The normalized spacial score (nSPS) is 18.1. The summed E-state index contributed by atoms with van der Waals surface area (Å²) in [5.41, 5.74) is 0.630. The van der Waals surface area contributed by atoms with Crippen molar-refractivity contribution < 1.29 is 4.92 Å². The largest absolute Gasteiger partial charge is 0.350 e. The van der Waals surface area contributed by atoms with E-state index in [2.05, 4.69) is 22.2 Å². The van der Waals surface area contributed by atoms with E-state index in [0.717, 1.165) is 38.9 Å². The zero-order valence-electron chi connectivity index (χ0n) is 13.1. The first kappa shape index (κ1) is 15.8. The highest BCUT2D eigenvalue weighted by Crippen LogP contribution is 2.31. The molecule has 2 heterocycles. The van der Waals surface area contributed by atoms with Crippen molar-refractivity contribution in [1.29, 1.82) is 0 Å². The molecule has 118 valence electrons. The van der Waals surface area contributed by atoms with E-state index in [4.69, 9.17) is 0 Å². The van der Waals surface area contributed by atoms with Crippen LogP contribution in [0.3, 0.4) is 0 Å². The van der Waals surface area contributed by atoms with E-state index >= 15 is 0 Å². The smallest absolute Gasteiger partial charge is 0.333 e. The molecule has 0 aromatic carbocycles. The van der Waals surface area contributed by atoms with Crippen molar-refractivity contribution >= 4 is 11.5 Å². The molecule has 1 fully saturated rings. The lowest BCUT2D eigenvalue weighted by atomic mass is 10.2. The Labute approximate surface area is 125 Å². The predicted octanol–water partition coefficient (Wildman–Crippen LogP) is 2.00. The lowest BCUT2D eigenvalue weighted by molar-refractivity contribution is -0.384. The van der Waals surface area contributed by atoms with E-state index in [1.807, 2.05) is 0 Å². The Balaban J connectivity index is 2.28. The van der Waals surface area contributed by atoms with Crippen molar-refractivity contribution in [3.8, 4) is 0 Å². The molecular formula is C14H25N5O2. The van der Waals surface area contributed by atoms with Gasteiger partial charge in [0, 0.05) is 26.2 Å². The molecule has 7 heteroatoms. The summed E-state index contributed by atoms with van der Waals surface area (Å²) in [5.74, 6) is 0.639. The second-order valence-electron chi connectivity index (χ2n) is 5.73. The molecule has 1 unspecified atom stereocenters. The minimum Gasteiger partial charge on any atom is -0.350 e. The topological polar surface area (TPSA) is 76.2 Å². The third-order valence-electron chi connectivity index (χ3n) is 4.03. The number of anilines is 1. The summed E-state index contributed by atoms with van der Waals surface area (Å²) < 4.78 is 1.65. The average molecular weight is 295 g/mol. The first-order valence-electron chi connectivity index (χ1n) is 7.71. The van der Waals surface area contributed by atoms with Crippen molar-refractivity contribution in [3.05, 3.63) is 15.8 Å². The number of aromatic nitrogens is 2. The summed E-state index contributed by atoms with van der Waals surface area (Å²) in [7, 11) is 1.79. The molecule has 7 nitrogen and oxygen atoms in total. The second-order valence-corrected chi connectivity index (χ2v) is 5.73. The minimum absolute atomic E-state index is 0.145. The van der Waals surface area contributed by atoms with Crippen molar-refractivity contribution in [2.45, 2.75) is 45.6 Å². The Morgan fingerprint density at radius 3 is 2.90 bits per heavy atom. The number of unbranched alkanes of at least 4 members (excludes halogenated alkanes) is 1. The van der Waals surface area contributed by atoms with Crippen LogP contribution in [0.15, 0.2) is 0 Å². The molecule has 1 aromatic heterocycles. The van der Waals surface area contributed by atoms with Gasteiger partial charge >= 0.3 is 5.69 Å². The Bertz CT molecular complexity index is 494. The summed E-state index contributed by atoms with van der Waals surface area (Å²) in [4.78, 5) is 13.2. The number of nitro groups is 1. The van der Waals surface area contributed by atoms with Gasteiger partial charge in [-0.3, -0.25) is 10.1 Å². The van der Waals surface area contributed by atoms with E-state index in [9.17, 15) is 10.1 Å². The fourth-order valence-electron chi connectivity index (χ4n) is 3.01. The van der Waals surface area contributed by atoms with Crippen molar-refractivity contribution in [2.24, 2.45) is 7.05 Å². The highest BCUT2D eigenvalue weighted by Gasteiger charge is 2.30. The number of nitrogens with one attached hydrogen (secondary N) is 1. The maximum Gasteiger partial charge on any atom is 0.333 e. The standard InChI is InChI=1S/C14H25N5O2/c1-4-5-9-18(10-12-7-6-8-15-12)14-13(19(20)21)11(2)16-17(14)3/h12,15H,4-10H2,1-3H3. The zero-order valence-corrected chi connectivity index (χ0v) is 13.1. The molecular weight excluding hydrogens is 270 g/mol. The van der Waals surface area contributed by atoms with Gasteiger partial charge in [0.05, 0.1) is 4.92 Å². The van der Waals surface area contributed by atoms with Crippen molar-refractivity contribution in [1.82, 2.24) is 15.1 Å².